The van der Waals surface area contributed by atoms with Crippen molar-refractivity contribution in [3.8, 4) is 0 Å². The molecule has 0 aliphatic heterocycles. The topological polar surface area (TPSA) is 126 Å². The van der Waals surface area contributed by atoms with E-state index in [4.69, 9.17) is 0 Å². The molecule has 1 heterocycles. The van der Waals surface area contributed by atoms with Gasteiger partial charge in [0.1, 0.15) is 11.6 Å². The third-order valence-corrected chi connectivity index (χ3v) is 3.79. The van der Waals surface area contributed by atoms with Gasteiger partial charge < -0.3 is 10.6 Å². The molecule has 0 aliphatic carbocycles. The molecule has 0 saturated heterocycles. The molecule has 20 heavy (non-hydrogen) atoms. The van der Waals surface area contributed by atoms with Crippen LogP contribution in [0, 0.1) is 10.1 Å². The smallest absolute Gasteiger partial charge is 0.276 e. The van der Waals surface area contributed by atoms with Gasteiger partial charge in [-0.05, 0) is 0 Å². The molecule has 0 atom stereocenters. The van der Waals surface area contributed by atoms with Crippen LogP contribution in [0.3, 0.4) is 0 Å². The Morgan fingerprint density at radius 3 is 2.55 bits per heavy atom. The summed E-state index contributed by atoms with van der Waals surface area (Å²) >= 11 is 0. The van der Waals surface area contributed by atoms with Gasteiger partial charge >= 0.3 is 0 Å². The highest BCUT2D eigenvalue weighted by Crippen LogP contribution is 2.20. The van der Waals surface area contributed by atoms with Crippen molar-refractivity contribution in [1.29, 1.82) is 0 Å². The van der Waals surface area contributed by atoms with Crippen LogP contribution in [0.1, 0.15) is 6.92 Å². The summed E-state index contributed by atoms with van der Waals surface area (Å²) in [5.41, 5.74) is -0.124. The molecule has 1 rings (SSSR count). The summed E-state index contributed by atoms with van der Waals surface area (Å²) in [4.78, 5) is 14.3. The van der Waals surface area contributed by atoms with E-state index in [0.29, 0.717) is 12.4 Å². The summed E-state index contributed by atoms with van der Waals surface area (Å²) in [7, 11) is -1.74. The molecule has 0 radical (unpaired) electrons. The molecule has 1 aromatic heterocycles. The van der Waals surface area contributed by atoms with Gasteiger partial charge in [0.2, 0.25) is 10.0 Å². The van der Waals surface area contributed by atoms with Gasteiger partial charge in [-0.25, -0.2) is 18.1 Å². The summed E-state index contributed by atoms with van der Waals surface area (Å²) in [6.45, 7) is 2.11. The molecule has 0 saturated carbocycles. The normalized spacial score (nSPS) is 11.1. The molecule has 1 aromatic rings. The van der Waals surface area contributed by atoms with Crippen LogP contribution in [0.25, 0.3) is 0 Å². The first-order valence-corrected chi connectivity index (χ1v) is 7.58. The molecular weight excluding hydrogens is 286 g/mol. The second-order valence-electron chi connectivity index (χ2n) is 3.85. The minimum atomic E-state index is -3.33. The van der Waals surface area contributed by atoms with Crippen molar-refractivity contribution < 1.29 is 13.3 Å². The van der Waals surface area contributed by atoms with Crippen molar-refractivity contribution in [1.82, 2.24) is 9.71 Å². The zero-order valence-electron chi connectivity index (χ0n) is 11.2. The maximum Gasteiger partial charge on any atom is 0.276 e. The second-order valence-corrected chi connectivity index (χ2v) is 5.77. The molecule has 0 spiro atoms. The summed E-state index contributed by atoms with van der Waals surface area (Å²) in [6.07, 6.45) is 0. The van der Waals surface area contributed by atoms with Crippen LogP contribution < -0.4 is 15.4 Å². The fourth-order valence-electron chi connectivity index (χ4n) is 1.45. The van der Waals surface area contributed by atoms with Gasteiger partial charge in [0.05, 0.1) is 22.8 Å². The Morgan fingerprint density at radius 1 is 1.35 bits per heavy atom. The summed E-state index contributed by atoms with van der Waals surface area (Å²) in [5.74, 6) is 0.437. The Labute approximate surface area is 117 Å². The Hall–Kier alpha value is -1.94. The largest absolute Gasteiger partial charge is 0.373 e. The van der Waals surface area contributed by atoms with Gasteiger partial charge in [0, 0.05) is 20.1 Å². The van der Waals surface area contributed by atoms with E-state index in [0.717, 1.165) is 0 Å². The molecule has 0 bridgehead atoms. The standard InChI is InChI=1S/C10H17N5O4S/c1-3-13-20(18,19)5-4-12-10-7-8(15(16)17)6-9(11-2)14-10/h6-7,13H,3-5H2,1-2H3,(H2,11,12,14). The Bertz CT molecular complexity index is 575. The molecule has 10 heteroatoms. The second kappa shape index (κ2) is 7.01. The number of hydrogen-bond acceptors (Lipinski definition) is 7. The molecule has 112 valence electrons. The number of nitro groups is 1. The van der Waals surface area contributed by atoms with E-state index in [2.05, 4.69) is 20.3 Å². The van der Waals surface area contributed by atoms with Crippen molar-refractivity contribution in [3.05, 3.63) is 22.2 Å². The van der Waals surface area contributed by atoms with Crippen LogP contribution in [-0.4, -0.2) is 44.2 Å². The highest BCUT2D eigenvalue weighted by molar-refractivity contribution is 7.89. The van der Waals surface area contributed by atoms with Crippen LogP contribution in [0.5, 0.6) is 0 Å². The Kier molecular flexibility index (Phi) is 5.65. The first kappa shape index (κ1) is 16.1. The average Bonchev–Trinajstić information content (AvgIpc) is 2.37. The lowest BCUT2D eigenvalue weighted by molar-refractivity contribution is -0.384. The van der Waals surface area contributed by atoms with E-state index in [1.165, 1.54) is 12.1 Å². The molecule has 0 aliphatic rings. The lowest BCUT2D eigenvalue weighted by Crippen LogP contribution is -2.29. The molecule has 0 amide bonds. The average molecular weight is 303 g/mol. The van der Waals surface area contributed by atoms with Gasteiger partial charge in [-0.3, -0.25) is 10.1 Å². The van der Waals surface area contributed by atoms with Crippen LogP contribution in [-0.2, 0) is 10.0 Å². The number of hydrogen-bond donors (Lipinski definition) is 3. The van der Waals surface area contributed by atoms with E-state index in [9.17, 15) is 18.5 Å². The molecular formula is C10H17N5O4S. The van der Waals surface area contributed by atoms with E-state index < -0.39 is 14.9 Å². The molecule has 0 aromatic carbocycles. The van der Waals surface area contributed by atoms with Gasteiger partial charge in [0.15, 0.2) is 0 Å². The SMILES string of the molecule is CCNS(=O)(=O)CCNc1cc([N+](=O)[O-])cc(NC)n1. The minimum absolute atomic E-state index is 0.104. The molecule has 3 N–H and O–H groups in total. The summed E-state index contributed by atoms with van der Waals surface area (Å²) < 4.78 is 25.2. The summed E-state index contributed by atoms with van der Waals surface area (Å²) in [5, 5.41) is 16.2. The van der Waals surface area contributed by atoms with Crippen molar-refractivity contribution in [2.45, 2.75) is 6.92 Å². The zero-order valence-corrected chi connectivity index (χ0v) is 12.0. The van der Waals surface area contributed by atoms with Gasteiger partial charge in [-0.15, -0.1) is 0 Å². The van der Waals surface area contributed by atoms with Crippen LogP contribution in [0.15, 0.2) is 12.1 Å². The van der Waals surface area contributed by atoms with Crippen molar-refractivity contribution in [2.24, 2.45) is 0 Å². The highest BCUT2D eigenvalue weighted by atomic mass is 32.2. The van der Waals surface area contributed by atoms with E-state index in [-0.39, 0.29) is 23.8 Å². The fraction of sp³-hybridized carbons (Fsp3) is 0.500. The zero-order chi connectivity index (χ0) is 15.2. The first-order valence-electron chi connectivity index (χ1n) is 5.93. The Balaban J connectivity index is 2.73. The maximum absolute atomic E-state index is 11.4. The van der Waals surface area contributed by atoms with Crippen LogP contribution in [0.2, 0.25) is 0 Å². The van der Waals surface area contributed by atoms with E-state index in [1.807, 2.05) is 0 Å². The third kappa shape index (κ3) is 4.97. The van der Waals surface area contributed by atoms with Crippen LogP contribution >= 0.6 is 0 Å². The predicted octanol–water partition coefficient (Wildman–Crippen LogP) is 0.383. The number of nitrogens with zero attached hydrogens (tertiary/aromatic N) is 2. The van der Waals surface area contributed by atoms with Crippen molar-refractivity contribution in [2.75, 3.05) is 36.5 Å². The number of pyridine rings is 1. The Morgan fingerprint density at radius 2 is 2.00 bits per heavy atom. The van der Waals surface area contributed by atoms with Gasteiger partial charge in [-0.1, -0.05) is 6.92 Å². The van der Waals surface area contributed by atoms with E-state index in [1.54, 1.807) is 14.0 Å². The third-order valence-electron chi connectivity index (χ3n) is 2.32. The van der Waals surface area contributed by atoms with Gasteiger partial charge in [-0.2, -0.15) is 0 Å². The van der Waals surface area contributed by atoms with Crippen LogP contribution in [0.4, 0.5) is 17.3 Å². The number of anilines is 2. The fourth-order valence-corrected chi connectivity index (χ4v) is 2.40. The van der Waals surface area contributed by atoms with Gasteiger partial charge in [0.25, 0.3) is 5.69 Å². The number of rotatable bonds is 8. The maximum atomic E-state index is 11.4. The monoisotopic (exact) mass is 303 g/mol. The van der Waals surface area contributed by atoms with Crippen molar-refractivity contribution >= 4 is 27.3 Å². The predicted molar refractivity (Wildman–Crippen MR) is 76.4 cm³/mol. The number of aromatic nitrogens is 1. The highest BCUT2D eigenvalue weighted by Gasteiger charge is 2.12. The lowest BCUT2D eigenvalue weighted by atomic mass is 10.3. The molecule has 0 unspecified atom stereocenters. The number of nitrogens with one attached hydrogen (secondary N) is 3. The minimum Gasteiger partial charge on any atom is -0.373 e. The first-order chi connectivity index (χ1) is 9.38. The number of sulfonamides is 1. The summed E-state index contributed by atoms with van der Waals surface area (Å²) in [6, 6.07) is 2.54. The lowest BCUT2D eigenvalue weighted by Gasteiger charge is -2.08. The van der Waals surface area contributed by atoms with Crippen molar-refractivity contribution in [3.63, 3.8) is 0 Å². The quantitative estimate of drug-likeness (QED) is 0.468. The molecule has 9 nitrogen and oxygen atoms in total. The molecule has 0 fully saturated rings. The van der Waals surface area contributed by atoms with E-state index >= 15 is 0 Å².